The predicted octanol–water partition coefficient (Wildman–Crippen LogP) is 4.89. The summed E-state index contributed by atoms with van der Waals surface area (Å²) in [5, 5.41) is 13.0. The Kier molecular flexibility index (Phi) is 9.70. The molecule has 0 bridgehead atoms. The smallest absolute Gasteiger partial charge is 0.459 e. The first-order valence-electron chi connectivity index (χ1n) is 9.96. The second-order valence-corrected chi connectivity index (χ2v) is 9.84. The van der Waals surface area contributed by atoms with Gasteiger partial charge < -0.3 is 14.4 Å². The minimum absolute atomic E-state index is 0.0631. The summed E-state index contributed by atoms with van der Waals surface area (Å²) in [6.07, 6.45) is 1.63. The Balaban J connectivity index is 2.22. The summed E-state index contributed by atoms with van der Waals surface area (Å²) in [5.74, 6) is -0.795. The highest BCUT2D eigenvalue weighted by Gasteiger charge is 2.32. The summed E-state index contributed by atoms with van der Waals surface area (Å²) in [4.78, 5) is 27.6. The highest BCUT2D eigenvalue weighted by molar-refractivity contribution is 7.52. The molecular formula is C21H25Cl2N2O7P. The van der Waals surface area contributed by atoms with Crippen molar-refractivity contribution >= 4 is 43.2 Å². The molecule has 180 valence electrons. The molecule has 0 radical (unpaired) electrons. The topological polar surface area (TPSA) is 124 Å². The quantitative estimate of drug-likeness (QED) is 0.243. The Labute approximate surface area is 201 Å². The molecule has 1 unspecified atom stereocenters. The Morgan fingerprint density at radius 1 is 1.27 bits per heavy atom. The van der Waals surface area contributed by atoms with E-state index in [9.17, 15) is 19.3 Å². The Bertz CT molecular complexity index is 1070. The number of hydrogen-bond donors (Lipinski definition) is 2. The molecule has 9 nitrogen and oxygen atoms in total. The van der Waals surface area contributed by atoms with Crippen LogP contribution in [0.15, 0.2) is 24.4 Å². The van der Waals surface area contributed by atoms with Crippen LogP contribution in [0.3, 0.4) is 0 Å². The molecule has 0 aliphatic heterocycles. The van der Waals surface area contributed by atoms with Crippen LogP contribution >= 0.6 is 30.9 Å². The van der Waals surface area contributed by atoms with Gasteiger partial charge in [-0.3, -0.25) is 19.1 Å². The third-order valence-electron chi connectivity index (χ3n) is 4.28. The van der Waals surface area contributed by atoms with E-state index in [0.717, 1.165) is 0 Å². The van der Waals surface area contributed by atoms with Crippen molar-refractivity contribution in [3.8, 4) is 11.5 Å². The molecule has 1 aromatic heterocycles. The number of benzene rings is 1. The number of aryl methyl sites for hydroxylation is 1. The number of ether oxygens (including phenoxy) is 1. The van der Waals surface area contributed by atoms with E-state index >= 15 is 0 Å². The molecular weight excluding hydrogens is 494 g/mol. The Morgan fingerprint density at radius 2 is 1.97 bits per heavy atom. The van der Waals surface area contributed by atoms with Crippen LogP contribution in [0.4, 0.5) is 0 Å². The molecule has 0 fully saturated rings. The van der Waals surface area contributed by atoms with Crippen LogP contribution in [0.2, 0.25) is 10.0 Å². The zero-order chi connectivity index (χ0) is 24.8. The van der Waals surface area contributed by atoms with E-state index in [1.165, 1.54) is 31.3 Å². The van der Waals surface area contributed by atoms with Crippen molar-refractivity contribution in [2.45, 2.75) is 46.3 Å². The lowest BCUT2D eigenvalue weighted by molar-refractivity contribution is -0.149. The number of nitrogens with one attached hydrogen (secondary N) is 1. The molecule has 2 atom stereocenters. The van der Waals surface area contributed by atoms with Gasteiger partial charge in [0.1, 0.15) is 17.5 Å². The van der Waals surface area contributed by atoms with Crippen LogP contribution in [0.25, 0.3) is 0 Å². The predicted molar refractivity (Wildman–Crippen MR) is 124 cm³/mol. The second kappa shape index (κ2) is 11.8. The Hall–Kier alpha value is -2.16. The molecule has 33 heavy (non-hydrogen) atoms. The van der Waals surface area contributed by atoms with Crippen molar-refractivity contribution < 1.29 is 33.0 Å². The average Bonchev–Trinajstić information content (AvgIpc) is 2.73. The summed E-state index contributed by atoms with van der Waals surface area (Å²) in [6.45, 7) is 6.18. The maximum atomic E-state index is 13.5. The minimum Gasteiger partial charge on any atom is -0.505 e. The maximum Gasteiger partial charge on any atom is 0.459 e. The number of pyridine rings is 1. The monoisotopic (exact) mass is 518 g/mol. The van der Waals surface area contributed by atoms with Gasteiger partial charge in [-0.05, 0) is 51.8 Å². The lowest BCUT2D eigenvalue weighted by atomic mass is 10.1. The molecule has 0 saturated heterocycles. The van der Waals surface area contributed by atoms with Crippen LogP contribution in [0.5, 0.6) is 11.5 Å². The van der Waals surface area contributed by atoms with Gasteiger partial charge in [-0.15, -0.1) is 0 Å². The largest absolute Gasteiger partial charge is 0.505 e. The molecule has 2 aromatic rings. The number of halogens is 2. The van der Waals surface area contributed by atoms with Crippen molar-refractivity contribution in [3.63, 3.8) is 0 Å². The van der Waals surface area contributed by atoms with Gasteiger partial charge in [0.05, 0.1) is 34.0 Å². The minimum atomic E-state index is -4.14. The fourth-order valence-corrected chi connectivity index (χ4v) is 4.42. The maximum absolute atomic E-state index is 13.5. The number of aromatic nitrogens is 1. The number of carbonyl (C=O) groups is 2. The van der Waals surface area contributed by atoms with Crippen LogP contribution in [0.1, 0.15) is 42.4 Å². The lowest BCUT2D eigenvalue weighted by Gasteiger charge is -2.23. The molecule has 0 spiro atoms. The van der Waals surface area contributed by atoms with Gasteiger partial charge in [0.15, 0.2) is 6.29 Å². The zero-order valence-corrected chi connectivity index (χ0v) is 20.9. The van der Waals surface area contributed by atoms with E-state index in [0.29, 0.717) is 17.5 Å². The molecule has 1 heterocycles. The molecule has 0 aliphatic carbocycles. The molecule has 1 aromatic carbocycles. The van der Waals surface area contributed by atoms with Crippen LogP contribution in [0, 0.1) is 6.92 Å². The first kappa shape index (κ1) is 27.1. The fourth-order valence-electron chi connectivity index (χ4n) is 2.65. The summed E-state index contributed by atoms with van der Waals surface area (Å²) in [6, 6.07) is 3.22. The number of aldehydes is 1. The van der Waals surface area contributed by atoms with Crippen molar-refractivity contribution in [3.05, 3.63) is 51.3 Å². The molecule has 12 heteroatoms. The summed E-state index contributed by atoms with van der Waals surface area (Å²) in [5.41, 5.74) is 0.754. The van der Waals surface area contributed by atoms with Crippen LogP contribution < -0.4 is 9.61 Å². The number of hydrogen-bond acceptors (Lipinski definition) is 8. The van der Waals surface area contributed by atoms with Gasteiger partial charge in [0.25, 0.3) is 0 Å². The first-order chi connectivity index (χ1) is 15.5. The molecule has 0 saturated carbocycles. The van der Waals surface area contributed by atoms with E-state index in [-0.39, 0.29) is 46.2 Å². The van der Waals surface area contributed by atoms with Crippen molar-refractivity contribution in [2.24, 2.45) is 0 Å². The highest BCUT2D eigenvalue weighted by Crippen LogP contribution is 2.46. The van der Waals surface area contributed by atoms with Crippen molar-refractivity contribution in [1.82, 2.24) is 10.1 Å². The molecule has 2 rings (SSSR count). The number of carbonyl (C=O) groups excluding carboxylic acids is 2. The number of rotatable bonds is 11. The lowest BCUT2D eigenvalue weighted by Crippen LogP contribution is -2.36. The van der Waals surface area contributed by atoms with E-state index < -0.39 is 19.8 Å². The van der Waals surface area contributed by atoms with E-state index in [2.05, 4.69) is 10.1 Å². The van der Waals surface area contributed by atoms with E-state index in [1.807, 2.05) is 0 Å². The van der Waals surface area contributed by atoms with Crippen molar-refractivity contribution in [1.29, 1.82) is 0 Å². The standard InChI is InChI=1S/C21H25Cl2N2O7P/c1-12(2)31-21(28)14(4)25-33(29,32-16-5-6-18(22)19(23)9-16)30-8-7-15-10-24-13(3)20(27)17(15)11-26/h5-6,9-12,14,27H,7-8H2,1-4H3,(H,25,29)/t14-,33?/m0/s1. The van der Waals surface area contributed by atoms with Gasteiger partial charge >= 0.3 is 13.7 Å². The Morgan fingerprint density at radius 3 is 2.58 bits per heavy atom. The summed E-state index contributed by atoms with van der Waals surface area (Å²) < 4.78 is 29.6. The van der Waals surface area contributed by atoms with Gasteiger partial charge in [-0.1, -0.05) is 23.2 Å². The van der Waals surface area contributed by atoms with Crippen LogP contribution in [-0.4, -0.2) is 41.1 Å². The first-order valence-corrected chi connectivity index (χ1v) is 12.3. The molecule has 0 aliphatic rings. The van der Waals surface area contributed by atoms with Crippen LogP contribution in [-0.2, 0) is 25.0 Å². The van der Waals surface area contributed by atoms with Crippen molar-refractivity contribution in [2.75, 3.05) is 6.61 Å². The summed E-state index contributed by atoms with van der Waals surface area (Å²) >= 11 is 11.9. The third-order valence-corrected chi connectivity index (χ3v) is 6.70. The van der Waals surface area contributed by atoms with Gasteiger partial charge in [0, 0.05) is 12.3 Å². The van der Waals surface area contributed by atoms with Gasteiger partial charge in [0.2, 0.25) is 0 Å². The highest BCUT2D eigenvalue weighted by atomic mass is 35.5. The fraction of sp³-hybridized carbons (Fsp3) is 0.381. The van der Waals surface area contributed by atoms with E-state index in [4.69, 9.17) is 37.0 Å². The number of aromatic hydroxyl groups is 1. The normalized spacial score (nSPS) is 13.9. The number of esters is 1. The van der Waals surface area contributed by atoms with Gasteiger partial charge in [-0.2, -0.15) is 5.09 Å². The molecule has 2 N–H and O–H groups in total. The SMILES string of the molecule is Cc1ncc(CCOP(=O)(N[C@@H](C)C(=O)OC(C)C)Oc2ccc(Cl)c(Cl)c2)c(C=O)c1O. The zero-order valence-electron chi connectivity index (χ0n) is 18.5. The second-order valence-electron chi connectivity index (χ2n) is 7.33. The number of nitrogens with zero attached hydrogens (tertiary/aromatic N) is 1. The summed E-state index contributed by atoms with van der Waals surface area (Å²) in [7, 11) is -4.14. The average molecular weight is 519 g/mol. The molecule has 0 amide bonds. The third kappa shape index (κ3) is 7.69. The van der Waals surface area contributed by atoms with Gasteiger partial charge in [-0.25, -0.2) is 4.57 Å². The van der Waals surface area contributed by atoms with E-state index in [1.54, 1.807) is 20.8 Å².